The number of piperidine rings is 1. The van der Waals surface area contributed by atoms with Crippen LogP contribution in [0, 0.1) is 11.3 Å². The Morgan fingerprint density at radius 3 is 2.76 bits per heavy atom. The Morgan fingerprint density at radius 1 is 1.16 bits per heavy atom. The Morgan fingerprint density at radius 2 is 2.00 bits per heavy atom. The van der Waals surface area contributed by atoms with Gasteiger partial charge in [0.15, 0.2) is 22.9 Å². The zero-order valence-electron chi connectivity index (χ0n) is 27.8. The molecule has 4 aromatic rings. The minimum atomic E-state index is -3.55. The Labute approximate surface area is 289 Å². The number of nitriles is 1. The number of fused-ring (bicyclic) bond motifs is 5. The lowest BCUT2D eigenvalue weighted by Gasteiger charge is -2.40. The number of aromatic nitrogens is 5. The number of nitrogens with one attached hydrogen (secondary N) is 2. The van der Waals surface area contributed by atoms with Gasteiger partial charge in [-0.05, 0) is 90.3 Å². The van der Waals surface area contributed by atoms with Crippen LogP contribution in [0.15, 0.2) is 10.7 Å². The van der Waals surface area contributed by atoms with E-state index < -0.39 is 21.2 Å². The van der Waals surface area contributed by atoms with E-state index in [1.807, 2.05) is 10.9 Å². The second-order valence-electron chi connectivity index (χ2n) is 14.7. The van der Waals surface area contributed by atoms with Crippen molar-refractivity contribution in [1.29, 1.82) is 5.26 Å². The van der Waals surface area contributed by atoms with Crippen molar-refractivity contribution in [2.75, 3.05) is 43.9 Å². The molecule has 4 aromatic heterocycles. The highest BCUT2D eigenvalue weighted by Gasteiger charge is 2.49. The van der Waals surface area contributed by atoms with Gasteiger partial charge in [0.25, 0.3) is 10.2 Å². The van der Waals surface area contributed by atoms with Gasteiger partial charge in [0.1, 0.15) is 16.9 Å². The molecule has 0 aromatic carbocycles. The number of thiophene rings is 1. The molecule has 3 saturated heterocycles. The summed E-state index contributed by atoms with van der Waals surface area (Å²) < 4.78 is 38.8. The molecule has 0 bridgehead atoms. The van der Waals surface area contributed by atoms with E-state index in [1.54, 1.807) is 0 Å². The van der Waals surface area contributed by atoms with Gasteiger partial charge in [-0.2, -0.15) is 23.5 Å². The van der Waals surface area contributed by atoms with Crippen LogP contribution in [0.4, 0.5) is 10.8 Å². The van der Waals surface area contributed by atoms with Crippen molar-refractivity contribution >= 4 is 43.4 Å². The summed E-state index contributed by atoms with van der Waals surface area (Å²) in [5.41, 5.74) is 9.28. The highest BCUT2D eigenvalue weighted by molar-refractivity contribution is 7.87. The predicted molar refractivity (Wildman–Crippen MR) is 186 cm³/mol. The average Bonchev–Trinajstić information content (AvgIpc) is 3.91. The van der Waals surface area contributed by atoms with Crippen molar-refractivity contribution in [3.63, 3.8) is 0 Å². The molecular formula is C33H41N11O3S2. The summed E-state index contributed by atoms with van der Waals surface area (Å²) in [6, 6.07) is 2.81. The van der Waals surface area contributed by atoms with Gasteiger partial charge in [-0.15, -0.1) is 11.3 Å². The molecule has 49 heavy (non-hydrogen) atoms. The summed E-state index contributed by atoms with van der Waals surface area (Å²) >= 11 is 1.53. The van der Waals surface area contributed by atoms with E-state index in [2.05, 4.69) is 39.3 Å². The van der Waals surface area contributed by atoms with Gasteiger partial charge in [0.05, 0.1) is 34.1 Å². The molecule has 9 rings (SSSR count). The minimum absolute atomic E-state index is 0.0720. The number of anilines is 2. The highest BCUT2D eigenvalue weighted by Crippen LogP contribution is 2.55. The fraction of sp³-hybridized carbons (Fsp3) is 0.606. The Hall–Kier alpha value is -3.62. The Kier molecular flexibility index (Phi) is 7.17. The molecule has 14 nitrogen and oxygen atoms in total. The highest BCUT2D eigenvalue weighted by atomic mass is 32.2. The first-order chi connectivity index (χ1) is 23.6. The van der Waals surface area contributed by atoms with Gasteiger partial charge in [0, 0.05) is 36.1 Å². The summed E-state index contributed by atoms with van der Waals surface area (Å²) in [5.74, 6) is 2.01. The number of nitrogens with zero attached hydrogens (tertiary/aromatic N) is 8. The third-order valence-corrected chi connectivity index (χ3v) is 14.2. The number of rotatable bonds is 4. The first-order valence-electron chi connectivity index (χ1n) is 17.4. The van der Waals surface area contributed by atoms with E-state index in [0.717, 1.165) is 111 Å². The monoisotopic (exact) mass is 703 g/mol. The quantitative estimate of drug-likeness (QED) is 0.283. The molecule has 3 fully saturated rings. The molecule has 3 aliphatic heterocycles. The zero-order valence-corrected chi connectivity index (χ0v) is 29.5. The van der Waals surface area contributed by atoms with Crippen LogP contribution in [0.25, 0.3) is 22.6 Å². The van der Waals surface area contributed by atoms with Crippen molar-refractivity contribution < 1.29 is 12.9 Å². The van der Waals surface area contributed by atoms with Crippen LogP contribution >= 0.6 is 11.3 Å². The van der Waals surface area contributed by atoms with E-state index in [0.29, 0.717) is 41.2 Å². The van der Waals surface area contributed by atoms with Gasteiger partial charge < -0.3 is 20.1 Å². The molecule has 2 aliphatic carbocycles. The first-order valence-corrected chi connectivity index (χ1v) is 19.7. The number of nitrogen functional groups attached to an aromatic ring is 1. The number of hydrogen-bond donors (Lipinski definition) is 3. The van der Waals surface area contributed by atoms with Crippen LogP contribution in [-0.4, -0.2) is 83.0 Å². The lowest BCUT2D eigenvalue weighted by Crippen LogP contribution is -2.56. The second-order valence-corrected chi connectivity index (χ2v) is 17.4. The van der Waals surface area contributed by atoms with Crippen LogP contribution in [0.3, 0.4) is 0 Å². The van der Waals surface area contributed by atoms with Crippen LogP contribution in [0.1, 0.15) is 91.7 Å². The summed E-state index contributed by atoms with van der Waals surface area (Å²) in [6.07, 6.45) is 11.0. The van der Waals surface area contributed by atoms with E-state index in [4.69, 9.17) is 30.5 Å². The molecular weight excluding hydrogens is 663 g/mol. The molecule has 258 valence electrons. The molecule has 2 spiro atoms. The number of nitrogens with two attached hydrogens (primary N) is 1. The largest absolute Gasteiger partial charge is 0.389 e. The van der Waals surface area contributed by atoms with Gasteiger partial charge in [-0.1, -0.05) is 5.16 Å². The maximum absolute atomic E-state index is 12.5. The topological polar surface area (TPSA) is 184 Å². The van der Waals surface area contributed by atoms with Crippen molar-refractivity contribution in [2.24, 2.45) is 0 Å². The van der Waals surface area contributed by atoms with E-state index in [-0.39, 0.29) is 6.04 Å². The molecule has 5 aliphatic rings. The lowest BCUT2D eigenvalue weighted by molar-refractivity contribution is 0.232. The number of hydrogen-bond acceptors (Lipinski definition) is 12. The lowest BCUT2D eigenvalue weighted by atomic mass is 9.63. The number of likely N-dealkylation sites (N-methyl/N-ethyl adjacent to an activating group) is 1. The van der Waals surface area contributed by atoms with Gasteiger partial charge in [-0.3, -0.25) is 0 Å². The summed E-state index contributed by atoms with van der Waals surface area (Å²) in [4.78, 5) is 16.2. The smallest absolute Gasteiger partial charge is 0.277 e. The Bertz CT molecular complexity index is 2130. The molecule has 0 saturated carbocycles. The zero-order chi connectivity index (χ0) is 33.7. The molecule has 4 atom stereocenters. The predicted octanol–water partition coefficient (Wildman–Crippen LogP) is 3.39. The SMILES string of the molecule is C[C@@H]([C@@H]1CCCN1C)n1ncc2c(N3CCC[C@@]4(CNS(=O)(=O)N4)C3)nc(-c3noc4c3CCC[C@@]43CCCc4sc(N)c(C#N)c43)nc21. The summed E-state index contributed by atoms with van der Waals surface area (Å²) in [5, 5.41) is 21.2. The van der Waals surface area contributed by atoms with Gasteiger partial charge in [-0.25, -0.2) is 19.4 Å². The van der Waals surface area contributed by atoms with E-state index >= 15 is 0 Å². The van der Waals surface area contributed by atoms with Crippen molar-refractivity contribution in [3.05, 3.63) is 33.5 Å². The van der Waals surface area contributed by atoms with Gasteiger partial charge >= 0.3 is 0 Å². The van der Waals surface area contributed by atoms with Crippen molar-refractivity contribution in [3.8, 4) is 17.6 Å². The second kappa shape index (κ2) is 11.2. The first kappa shape index (κ1) is 31.4. The molecule has 16 heteroatoms. The third kappa shape index (κ3) is 4.76. The van der Waals surface area contributed by atoms with Crippen LogP contribution in [0.2, 0.25) is 0 Å². The number of likely N-dealkylation sites (tertiary alicyclic amines) is 1. The standard InChI is InChI=1S/C33H41N11O3S2/c1-19(23-8-5-13-42(23)2)44-31-22(16-36-44)30(43-14-6-10-32(18-43)17-37-49(45,46)41-32)38-29(39-31)26-20-7-3-11-33(27(20)47-40-26)12-4-9-24-25(33)21(15-34)28(35)48-24/h16,19,23,37,41H,3-14,17-18,35H2,1-2H3/t19-,23-,32+,33-/m0/s1. The van der Waals surface area contributed by atoms with Crippen molar-refractivity contribution in [2.45, 2.75) is 94.2 Å². The van der Waals surface area contributed by atoms with Crippen LogP contribution in [-0.2, 0) is 28.5 Å². The van der Waals surface area contributed by atoms with E-state index in [1.165, 1.54) is 16.2 Å². The summed E-state index contributed by atoms with van der Waals surface area (Å²) in [7, 11) is -1.38. The average molecular weight is 704 g/mol. The molecule has 4 N–H and O–H groups in total. The molecule has 0 unspecified atom stereocenters. The van der Waals surface area contributed by atoms with Crippen molar-refractivity contribution in [1.82, 2.24) is 39.2 Å². The maximum Gasteiger partial charge on any atom is 0.277 e. The molecule has 0 amide bonds. The fourth-order valence-corrected chi connectivity index (χ4v) is 12.1. The Balaban J connectivity index is 1.20. The number of aryl methyl sites for hydroxylation is 1. The van der Waals surface area contributed by atoms with Gasteiger partial charge in [0.2, 0.25) is 0 Å². The fourth-order valence-electron chi connectivity index (χ4n) is 9.61. The molecule has 0 radical (unpaired) electrons. The van der Waals surface area contributed by atoms with Crippen LogP contribution in [0.5, 0.6) is 0 Å². The maximum atomic E-state index is 12.5. The third-order valence-electron chi connectivity index (χ3n) is 11.9. The normalized spacial score (nSPS) is 28.7. The van der Waals surface area contributed by atoms with Crippen LogP contribution < -0.4 is 20.1 Å². The minimum Gasteiger partial charge on any atom is -0.389 e. The van der Waals surface area contributed by atoms with E-state index in [9.17, 15) is 13.7 Å². The summed E-state index contributed by atoms with van der Waals surface area (Å²) in [6.45, 7) is 4.78. The molecule has 7 heterocycles.